The molecule has 0 unspecified atom stereocenters. The molecule has 0 aliphatic carbocycles. The summed E-state index contributed by atoms with van der Waals surface area (Å²) in [5, 5.41) is 17.1. The summed E-state index contributed by atoms with van der Waals surface area (Å²) in [7, 11) is 4.20. The van der Waals surface area contributed by atoms with Crippen LogP contribution in [-0.2, 0) is 19.1 Å². The van der Waals surface area contributed by atoms with Crippen molar-refractivity contribution in [2.45, 2.75) is 6.92 Å². The maximum atomic E-state index is 12.3. The lowest BCUT2D eigenvalue weighted by molar-refractivity contribution is -0.135. The van der Waals surface area contributed by atoms with Crippen molar-refractivity contribution in [2.24, 2.45) is 0 Å². The van der Waals surface area contributed by atoms with E-state index in [1.165, 1.54) is 32.4 Å². The Hall–Kier alpha value is -5.16. The summed E-state index contributed by atoms with van der Waals surface area (Å²) in [4.78, 5) is 34.1. The monoisotopic (exact) mass is 513 g/mol. The largest absolute Gasteiger partial charge is 0.497 e. The molecule has 0 aliphatic heterocycles. The molecular formula is C30H27NO7. The minimum absolute atomic E-state index is 0.256. The van der Waals surface area contributed by atoms with Gasteiger partial charge in [0.25, 0.3) is 0 Å². The molecule has 1 N–H and O–H groups in total. The second-order valence-corrected chi connectivity index (χ2v) is 7.73. The van der Waals surface area contributed by atoms with Crippen molar-refractivity contribution in [3.05, 3.63) is 101 Å². The molecule has 0 amide bonds. The molecule has 0 heterocycles. The number of carbonyl (C=O) groups excluding carboxylic acids is 2. The molecular weight excluding hydrogens is 486 g/mol. The summed E-state index contributed by atoms with van der Waals surface area (Å²) in [5.74, 6) is -1.46. The highest BCUT2D eigenvalue weighted by molar-refractivity contribution is 6.02. The summed E-state index contributed by atoms with van der Waals surface area (Å²) in [6, 6.07) is 21.6. The minimum Gasteiger partial charge on any atom is -0.497 e. The third-order valence-corrected chi connectivity index (χ3v) is 5.23. The summed E-state index contributed by atoms with van der Waals surface area (Å²) in [5.41, 5.74) is 4.05. The number of methoxy groups -OCH3 is 3. The van der Waals surface area contributed by atoms with Gasteiger partial charge in [-0.05, 0) is 53.5 Å². The molecule has 0 radical (unpaired) electrons. The first-order valence-electron chi connectivity index (χ1n) is 11.3. The van der Waals surface area contributed by atoms with Gasteiger partial charge in [-0.2, -0.15) is 5.26 Å². The van der Waals surface area contributed by atoms with Crippen molar-refractivity contribution in [1.82, 2.24) is 0 Å². The minimum atomic E-state index is -1.20. The van der Waals surface area contributed by atoms with E-state index in [-0.39, 0.29) is 5.57 Å². The van der Waals surface area contributed by atoms with Crippen LogP contribution in [-0.4, -0.2) is 44.3 Å². The molecule has 3 aromatic rings. The molecule has 0 saturated carbocycles. The molecule has 0 spiro atoms. The molecule has 8 heteroatoms. The highest BCUT2D eigenvalue weighted by Crippen LogP contribution is 2.29. The van der Waals surface area contributed by atoms with Crippen LogP contribution in [0.2, 0.25) is 0 Å². The topological polar surface area (TPSA) is 123 Å². The SMILES string of the molecule is COC(=O)C=Cc1cccc(-c2ccc(OC)cc2)c1C(=O)OC.Cc1ccc(C=C(C#N)C(=O)O)cc1. The Kier molecular flexibility index (Phi) is 11.0. The smallest absolute Gasteiger partial charge is 0.346 e. The highest BCUT2D eigenvalue weighted by atomic mass is 16.5. The fourth-order valence-electron chi connectivity index (χ4n) is 3.25. The van der Waals surface area contributed by atoms with E-state index < -0.39 is 17.9 Å². The predicted molar refractivity (Wildman–Crippen MR) is 143 cm³/mol. The molecule has 38 heavy (non-hydrogen) atoms. The number of carboxylic acid groups (broad SMARTS) is 1. The van der Waals surface area contributed by atoms with Gasteiger partial charge in [-0.3, -0.25) is 0 Å². The Labute approximate surface area is 221 Å². The van der Waals surface area contributed by atoms with Gasteiger partial charge in [-0.1, -0.05) is 60.2 Å². The van der Waals surface area contributed by atoms with E-state index in [1.54, 1.807) is 31.4 Å². The maximum absolute atomic E-state index is 12.3. The fraction of sp³-hybridized carbons (Fsp3) is 0.133. The Morgan fingerprint density at radius 2 is 1.55 bits per heavy atom. The van der Waals surface area contributed by atoms with Crippen molar-refractivity contribution in [1.29, 1.82) is 5.26 Å². The number of benzene rings is 3. The normalized spacial score (nSPS) is 10.6. The van der Waals surface area contributed by atoms with Gasteiger partial charge in [0.1, 0.15) is 17.4 Å². The van der Waals surface area contributed by atoms with Crippen LogP contribution in [0.1, 0.15) is 27.0 Å². The van der Waals surface area contributed by atoms with Crippen LogP contribution >= 0.6 is 0 Å². The first kappa shape index (κ1) is 29.1. The first-order chi connectivity index (χ1) is 18.2. The lowest BCUT2D eigenvalue weighted by Gasteiger charge is -2.12. The number of esters is 2. The molecule has 0 bridgehead atoms. The Balaban J connectivity index is 0.000000308. The number of nitrogens with zero attached hydrogens (tertiary/aromatic N) is 1. The fourth-order valence-corrected chi connectivity index (χ4v) is 3.25. The number of aliphatic carboxylic acids is 1. The number of carboxylic acids is 1. The van der Waals surface area contributed by atoms with E-state index in [4.69, 9.17) is 19.8 Å². The van der Waals surface area contributed by atoms with E-state index in [0.717, 1.165) is 22.4 Å². The number of hydrogen-bond donors (Lipinski definition) is 1. The Morgan fingerprint density at radius 1 is 0.895 bits per heavy atom. The van der Waals surface area contributed by atoms with Gasteiger partial charge < -0.3 is 19.3 Å². The number of hydrogen-bond acceptors (Lipinski definition) is 7. The van der Waals surface area contributed by atoms with Crippen molar-refractivity contribution in [3.8, 4) is 22.9 Å². The van der Waals surface area contributed by atoms with Crippen LogP contribution in [0.3, 0.4) is 0 Å². The van der Waals surface area contributed by atoms with Gasteiger partial charge in [0.15, 0.2) is 0 Å². The molecule has 0 aromatic heterocycles. The summed E-state index contributed by atoms with van der Waals surface area (Å²) < 4.78 is 14.6. The molecule has 3 rings (SSSR count). The molecule has 0 saturated heterocycles. The molecule has 194 valence electrons. The second kappa shape index (κ2) is 14.4. The van der Waals surface area contributed by atoms with Gasteiger partial charge >= 0.3 is 17.9 Å². The lowest BCUT2D eigenvalue weighted by Crippen LogP contribution is -2.06. The summed E-state index contributed by atoms with van der Waals surface area (Å²) >= 11 is 0. The zero-order chi connectivity index (χ0) is 28.1. The van der Waals surface area contributed by atoms with Gasteiger partial charge in [-0.15, -0.1) is 0 Å². The van der Waals surface area contributed by atoms with Crippen LogP contribution in [0.25, 0.3) is 23.3 Å². The van der Waals surface area contributed by atoms with Crippen LogP contribution in [0.5, 0.6) is 5.75 Å². The Morgan fingerprint density at radius 3 is 2.08 bits per heavy atom. The van der Waals surface area contributed by atoms with E-state index in [0.29, 0.717) is 16.7 Å². The van der Waals surface area contributed by atoms with E-state index in [9.17, 15) is 14.4 Å². The molecule has 3 aromatic carbocycles. The van der Waals surface area contributed by atoms with E-state index >= 15 is 0 Å². The number of aryl methyl sites for hydroxylation is 1. The summed E-state index contributed by atoms with van der Waals surface area (Å²) in [6.45, 7) is 1.94. The van der Waals surface area contributed by atoms with Crippen LogP contribution in [0.4, 0.5) is 0 Å². The van der Waals surface area contributed by atoms with Gasteiger partial charge in [0, 0.05) is 6.08 Å². The quantitative estimate of drug-likeness (QED) is 0.256. The lowest BCUT2D eigenvalue weighted by atomic mass is 9.95. The van der Waals surface area contributed by atoms with Crippen molar-refractivity contribution < 1.29 is 33.7 Å². The Bertz CT molecular complexity index is 1380. The zero-order valence-corrected chi connectivity index (χ0v) is 21.4. The van der Waals surface area contributed by atoms with Crippen LogP contribution in [0, 0.1) is 18.3 Å². The summed E-state index contributed by atoms with van der Waals surface area (Å²) in [6.07, 6.45) is 4.15. The first-order valence-corrected chi connectivity index (χ1v) is 11.3. The third kappa shape index (κ3) is 8.21. The van der Waals surface area contributed by atoms with Gasteiger partial charge in [0.2, 0.25) is 0 Å². The highest BCUT2D eigenvalue weighted by Gasteiger charge is 2.17. The van der Waals surface area contributed by atoms with Crippen molar-refractivity contribution >= 4 is 30.1 Å². The zero-order valence-electron chi connectivity index (χ0n) is 21.4. The predicted octanol–water partition coefficient (Wildman–Crippen LogP) is 5.32. The third-order valence-electron chi connectivity index (χ3n) is 5.23. The average Bonchev–Trinajstić information content (AvgIpc) is 2.95. The standard InChI is InChI=1S/C19H18O5.C11H9NO2/c1-22-15-10-7-13(8-11-15)16-6-4-5-14(9-12-17(20)23-2)18(16)19(21)24-3;1-8-2-4-9(5-3-8)6-10(7-12)11(13)14/h4-12H,1-3H3;2-6H,1H3,(H,13,14). The molecule has 0 fully saturated rings. The number of carbonyl (C=O) groups is 3. The number of rotatable bonds is 7. The van der Waals surface area contributed by atoms with Crippen molar-refractivity contribution in [3.63, 3.8) is 0 Å². The maximum Gasteiger partial charge on any atom is 0.346 e. The number of nitriles is 1. The van der Waals surface area contributed by atoms with Gasteiger partial charge in [-0.25, -0.2) is 14.4 Å². The molecule has 0 aliphatic rings. The second-order valence-electron chi connectivity index (χ2n) is 7.73. The van der Waals surface area contributed by atoms with Gasteiger partial charge in [0.05, 0.1) is 26.9 Å². The van der Waals surface area contributed by atoms with Crippen molar-refractivity contribution in [2.75, 3.05) is 21.3 Å². The van der Waals surface area contributed by atoms with E-state index in [2.05, 4.69) is 4.74 Å². The van der Waals surface area contributed by atoms with Crippen LogP contribution in [0.15, 0.2) is 78.4 Å². The average molecular weight is 514 g/mol. The molecule has 8 nitrogen and oxygen atoms in total. The molecule has 0 atom stereocenters. The van der Waals surface area contributed by atoms with E-state index in [1.807, 2.05) is 55.5 Å². The number of ether oxygens (including phenoxy) is 3. The van der Waals surface area contributed by atoms with Crippen LogP contribution < -0.4 is 4.74 Å².